The average molecular weight is 294 g/mol. The molecule has 1 aliphatic carbocycles. The molecule has 1 N–H and O–H groups in total. The Bertz CT molecular complexity index is 819. The van der Waals surface area contributed by atoms with E-state index in [2.05, 4.69) is 20.9 Å². The summed E-state index contributed by atoms with van der Waals surface area (Å²) in [7, 11) is 0. The maximum atomic E-state index is 12.2. The molecule has 0 radical (unpaired) electrons. The van der Waals surface area contributed by atoms with Gasteiger partial charge in [0.05, 0.1) is 11.2 Å². The van der Waals surface area contributed by atoms with Crippen molar-refractivity contribution in [3.8, 4) is 6.07 Å². The maximum absolute atomic E-state index is 12.2. The van der Waals surface area contributed by atoms with E-state index in [1.807, 2.05) is 6.07 Å². The topological polar surface area (TPSA) is 72.8 Å². The molecule has 2 aliphatic rings. The van der Waals surface area contributed by atoms with Crippen molar-refractivity contribution in [3.05, 3.63) is 34.2 Å². The van der Waals surface area contributed by atoms with E-state index < -0.39 is 0 Å². The van der Waals surface area contributed by atoms with Crippen LogP contribution in [0.5, 0.6) is 0 Å². The summed E-state index contributed by atoms with van der Waals surface area (Å²) in [6, 6.07) is 5.71. The first-order valence-electron chi connectivity index (χ1n) is 7.89. The van der Waals surface area contributed by atoms with Crippen LogP contribution < -0.4 is 10.5 Å². The minimum Gasteiger partial charge on any atom is -0.367 e. The molecule has 2 fully saturated rings. The highest BCUT2D eigenvalue weighted by atomic mass is 16.1. The van der Waals surface area contributed by atoms with E-state index in [0.717, 1.165) is 24.3 Å². The van der Waals surface area contributed by atoms with Gasteiger partial charge in [-0.1, -0.05) is 19.3 Å². The lowest BCUT2D eigenvalue weighted by molar-refractivity contribution is 0.139. The van der Waals surface area contributed by atoms with Gasteiger partial charge in [-0.3, -0.25) is 9.78 Å². The molecular formula is C17H18N4O. The Morgan fingerprint density at radius 2 is 2.05 bits per heavy atom. The number of nitrogens with one attached hydrogen (secondary N) is 1. The number of fused-ring (bicyclic) bond motifs is 1. The van der Waals surface area contributed by atoms with Gasteiger partial charge in [-0.15, -0.1) is 0 Å². The number of hydrogen-bond donors (Lipinski definition) is 1. The highest BCUT2D eigenvalue weighted by Crippen LogP contribution is 2.46. The van der Waals surface area contributed by atoms with Crippen molar-refractivity contribution >= 4 is 16.7 Å². The van der Waals surface area contributed by atoms with E-state index in [-0.39, 0.29) is 11.1 Å². The van der Waals surface area contributed by atoms with Crippen molar-refractivity contribution in [1.82, 2.24) is 9.97 Å². The summed E-state index contributed by atoms with van der Waals surface area (Å²) in [5.41, 5.74) is 2.42. The van der Waals surface area contributed by atoms with Crippen LogP contribution in [0.15, 0.2) is 23.1 Å². The van der Waals surface area contributed by atoms with Gasteiger partial charge < -0.3 is 9.88 Å². The van der Waals surface area contributed by atoms with E-state index in [1.54, 1.807) is 12.3 Å². The van der Waals surface area contributed by atoms with Crippen LogP contribution in [0.1, 0.15) is 37.7 Å². The lowest BCUT2D eigenvalue weighted by Gasteiger charge is -2.53. The van der Waals surface area contributed by atoms with Crippen molar-refractivity contribution in [1.29, 1.82) is 5.26 Å². The molecule has 3 heterocycles. The van der Waals surface area contributed by atoms with Gasteiger partial charge in [0.25, 0.3) is 5.56 Å². The summed E-state index contributed by atoms with van der Waals surface area (Å²) >= 11 is 0. The molecular weight excluding hydrogens is 276 g/mol. The Morgan fingerprint density at radius 1 is 1.27 bits per heavy atom. The fourth-order valence-electron chi connectivity index (χ4n) is 4.06. The Hall–Kier alpha value is -2.35. The minimum absolute atomic E-state index is 0.192. The molecule has 0 amide bonds. The molecule has 1 spiro atoms. The summed E-state index contributed by atoms with van der Waals surface area (Å²) in [4.78, 5) is 21.5. The van der Waals surface area contributed by atoms with Crippen LogP contribution in [-0.4, -0.2) is 23.1 Å². The number of nitrogens with zero attached hydrogens (tertiary/aromatic N) is 3. The summed E-state index contributed by atoms with van der Waals surface area (Å²) < 4.78 is 0. The first-order chi connectivity index (χ1) is 10.7. The summed E-state index contributed by atoms with van der Waals surface area (Å²) in [6.45, 7) is 1.88. The lowest BCUT2D eigenvalue weighted by Crippen LogP contribution is -2.57. The fraction of sp³-hybridized carbons (Fsp3) is 0.471. The summed E-state index contributed by atoms with van der Waals surface area (Å²) in [6.07, 6.45) is 8.17. The Morgan fingerprint density at radius 3 is 2.77 bits per heavy atom. The average Bonchev–Trinajstić information content (AvgIpc) is 2.52. The molecule has 0 bridgehead atoms. The monoisotopic (exact) mass is 294 g/mol. The lowest BCUT2D eigenvalue weighted by atomic mass is 9.68. The number of aromatic nitrogens is 2. The molecule has 112 valence electrons. The van der Waals surface area contributed by atoms with Gasteiger partial charge in [0.15, 0.2) is 0 Å². The Labute approximate surface area is 128 Å². The maximum Gasteiger partial charge on any atom is 0.268 e. The van der Waals surface area contributed by atoms with Crippen LogP contribution in [0.3, 0.4) is 0 Å². The molecule has 0 aromatic carbocycles. The van der Waals surface area contributed by atoms with Crippen molar-refractivity contribution in [2.45, 2.75) is 32.1 Å². The largest absolute Gasteiger partial charge is 0.367 e. The van der Waals surface area contributed by atoms with Gasteiger partial charge in [0, 0.05) is 24.7 Å². The van der Waals surface area contributed by atoms with Gasteiger partial charge in [-0.2, -0.15) is 5.26 Å². The second-order valence-corrected chi connectivity index (χ2v) is 6.61. The quantitative estimate of drug-likeness (QED) is 0.877. The Balaban J connectivity index is 1.79. The van der Waals surface area contributed by atoms with Gasteiger partial charge >= 0.3 is 0 Å². The smallest absolute Gasteiger partial charge is 0.268 e. The van der Waals surface area contributed by atoms with Crippen molar-refractivity contribution in [2.75, 3.05) is 18.0 Å². The molecule has 1 aliphatic heterocycles. The molecule has 4 rings (SSSR count). The van der Waals surface area contributed by atoms with Crippen LogP contribution in [-0.2, 0) is 0 Å². The number of hydrogen-bond acceptors (Lipinski definition) is 4. The molecule has 5 nitrogen and oxygen atoms in total. The molecule has 0 unspecified atom stereocenters. The molecule has 22 heavy (non-hydrogen) atoms. The number of nitriles is 1. The molecule has 1 saturated heterocycles. The second kappa shape index (κ2) is 4.84. The first kappa shape index (κ1) is 13.3. The van der Waals surface area contributed by atoms with Gasteiger partial charge in [0.1, 0.15) is 17.1 Å². The number of anilines is 1. The molecule has 5 heteroatoms. The van der Waals surface area contributed by atoms with Crippen LogP contribution in [0.25, 0.3) is 11.0 Å². The van der Waals surface area contributed by atoms with Crippen LogP contribution in [0, 0.1) is 16.7 Å². The highest BCUT2D eigenvalue weighted by Gasteiger charge is 2.44. The molecule has 0 atom stereocenters. The standard InChI is InChI=1S/C17H18N4O/c18-9-12-15(14-13(20-16(12)22)5-4-8-19-14)21-10-17(11-21)6-2-1-3-7-17/h4-5,8H,1-3,6-7,10-11H2,(H,20,22). The van der Waals surface area contributed by atoms with Crippen molar-refractivity contribution < 1.29 is 0 Å². The minimum atomic E-state index is -0.317. The fourth-order valence-corrected chi connectivity index (χ4v) is 4.06. The number of aromatic amines is 1. The van der Waals surface area contributed by atoms with Gasteiger partial charge in [-0.05, 0) is 25.0 Å². The van der Waals surface area contributed by atoms with Gasteiger partial charge in [-0.25, -0.2) is 0 Å². The van der Waals surface area contributed by atoms with Crippen LogP contribution in [0.4, 0.5) is 5.69 Å². The Kier molecular flexibility index (Phi) is 2.93. The van der Waals surface area contributed by atoms with Crippen molar-refractivity contribution in [2.24, 2.45) is 5.41 Å². The summed E-state index contributed by atoms with van der Waals surface area (Å²) in [5.74, 6) is 0. The van der Waals surface area contributed by atoms with Crippen molar-refractivity contribution in [3.63, 3.8) is 0 Å². The zero-order chi connectivity index (χ0) is 15.2. The molecule has 2 aromatic rings. The van der Waals surface area contributed by atoms with E-state index in [4.69, 9.17) is 0 Å². The third-order valence-corrected chi connectivity index (χ3v) is 5.14. The highest BCUT2D eigenvalue weighted by molar-refractivity contribution is 5.91. The van der Waals surface area contributed by atoms with E-state index in [0.29, 0.717) is 10.9 Å². The normalized spacial score (nSPS) is 19.9. The molecule has 1 saturated carbocycles. The predicted octanol–water partition coefficient (Wildman–Crippen LogP) is 2.57. The number of rotatable bonds is 1. The molecule has 2 aromatic heterocycles. The SMILES string of the molecule is N#Cc1c(N2CC3(CCCCC3)C2)c2ncccc2[nH]c1=O. The van der Waals surface area contributed by atoms with E-state index in [9.17, 15) is 10.1 Å². The second-order valence-electron chi connectivity index (χ2n) is 6.61. The summed E-state index contributed by atoms with van der Waals surface area (Å²) in [5, 5.41) is 9.40. The zero-order valence-electron chi connectivity index (χ0n) is 12.4. The third kappa shape index (κ3) is 1.91. The van der Waals surface area contributed by atoms with E-state index in [1.165, 1.54) is 32.1 Å². The van der Waals surface area contributed by atoms with Crippen LogP contribution in [0.2, 0.25) is 0 Å². The third-order valence-electron chi connectivity index (χ3n) is 5.14. The van der Waals surface area contributed by atoms with Crippen LogP contribution >= 0.6 is 0 Å². The predicted molar refractivity (Wildman–Crippen MR) is 84.8 cm³/mol. The zero-order valence-corrected chi connectivity index (χ0v) is 12.4. The number of pyridine rings is 2. The first-order valence-corrected chi connectivity index (χ1v) is 7.89. The van der Waals surface area contributed by atoms with Gasteiger partial charge in [0.2, 0.25) is 0 Å². The number of H-pyrrole nitrogens is 1. The van der Waals surface area contributed by atoms with E-state index >= 15 is 0 Å².